The summed E-state index contributed by atoms with van der Waals surface area (Å²) in [5.41, 5.74) is 1.81. The smallest absolute Gasteiger partial charge is 0.255 e. The second-order valence-electron chi connectivity index (χ2n) is 6.52. The predicted molar refractivity (Wildman–Crippen MR) is 106 cm³/mol. The van der Waals surface area contributed by atoms with Gasteiger partial charge in [0.25, 0.3) is 5.91 Å². The van der Waals surface area contributed by atoms with Crippen LogP contribution in [-0.2, 0) is 5.75 Å². The quantitative estimate of drug-likeness (QED) is 0.694. The summed E-state index contributed by atoms with van der Waals surface area (Å²) in [7, 11) is 0. The maximum Gasteiger partial charge on any atom is 0.255 e. The molecule has 0 bridgehead atoms. The van der Waals surface area contributed by atoms with E-state index in [2.05, 4.69) is 42.4 Å². The molecule has 1 saturated heterocycles. The minimum atomic E-state index is 0.121. The Morgan fingerprint density at radius 1 is 1.16 bits per heavy atom. The lowest BCUT2D eigenvalue weighted by Crippen LogP contribution is -2.37. The zero-order valence-corrected chi connectivity index (χ0v) is 16.4. The first-order chi connectivity index (χ1) is 12.2. The van der Waals surface area contributed by atoms with Crippen molar-refractivity contribution in [2.24, 2.45) is 5.92 Å². The van der Waals surface area contributed by atoms with E-state index in [-0.39, 0.29) is 5.91 Å². The molecule has 0 saturated carbocycles. The van der Waals surface area contributed by atoms with E-state index in [1.807, 2.05) is 17.2 Å². The third kappa shape index (κ3) is 5.02. The van der Waals surface area contributed by atoms with Crippen LogP contribution in [-0.4, -0.2) is 35.1 Å². The van der Waals surface area contributed by atoms with Gasteiger partial charge in [-0.05, 0) is 60.9 Å². The van der Waals surface area contributed by atoms with E-state index >= 15 is 0 Å². The third-order valence-electron chi connectivity index (χ3n) is 4.58. The second kappa shape index (κ2) is 8.77. The Hall–Kier alpha value is -1.46. The number of hydrogen-bond donors (Lipinski definition) is 0. The first-order valence-electron chi connectivity index (χ1n) is 8.66. The Morgan fingerprint density at radius 3 is 2.52 bits per heavy atom. The first-order valence-corrected chi connectivity index (χ1v) is 10.9. The topological polar surface area (TPSA) is 33.2 Å². The summed E-state index contributed by atoms with van der Waals surface area (Å²) in [6.07, 6.45) is 7.83. The Morgan fingerprint density at radius 2 is 1.84 bits per heavy atom. The van der Waals surface area contributed by atoms with Gasteiger partial charge in [0.2, 0.25) is 0 Å². The lowest BCUT2D eigenvalue weighted by Gasteiger charge is -2.30. The predicted octanol–water partition coefficient (Wildman–Crippen LogP) is 4.97. The van der Waals surface area contributed by atoms with E-state index in [1.54, 1.807) is 29.7 Å². The van der Waals surface area contributed by atoms with Gasteiger partial charge in [0.15, 0.2) is 0 Å². The highest BCUT2D eigenvalue weighted by Gasteiger charge is 2.21. The van der Waals surface area contributed by atoms with Crippen LogP contribution in [0.1, 0.15) is 35.7 Å². The van der Waals surface area contributed by atoms with Crippen LogP contribution in [0, 0.1) is 5.92 Å². The standard InChI is InChI=1S/C20H24N2OS2/c1-15-7-9-22(10-8-15)20(23)17-11-16(12-21-13-17)14-25-19-5-3-18(24-2)4-6-19/h3-6,11-13,15H,7-10,14H2,1-2H3. The number of benzene rings is 1. The van der Waals surface area contributed by atoms with Crippen LogP contribution in [0.5, 0.6) is 0 Å². The maximum atomic E-state index is 12.7. The highest BCUT2D eigenvalue weighted by molar-refractivity contribution is 7.99. The minimum absolute atomic E-state index is 0.121. The monoisotopic (exact) mass is 372 g/mol. The van der Waals surface area contributed by atoms with Crippen LogP contribution >= 0.6 is 23.5 Å². The molecule has 5 heteroatoms. The van der Waals surface area contributed by atoms with E-state index in [1.165, 1.54) is 9.79 Å². The molecular weight excluding hydrogens is 348 g/mol. The molecule has 0 aliphatic carbocycles. The maximum absolute atomic E-state index is 12.7. The number of carbonyl (C=O) groups is 1. The van der Waals surface area contributed by atoms with Crippen LogP contribution in [0.2, 0.25) is 0 Å². The molecule has 2 heterocycles. The summed E-state index contributed by atoms with van der Waals surface area (Å²) in [5, 5.41) is 0. The molecular formula is C20H24N2OS2. The average Bonchev–Trinajstić information content (AvgIpc) is 2.67. The van der Waals surface area contributed by atoms with Gasteiger partial charge in [-0.3, -0.25) is 9.78 Å². The number of carbonyl (C=O) groups excluding carboxylic acids is 1. The molecule has 1 aliphatic heterocycles. The van der Waals surface area contributed by atoms with Crippen molar-refractivity contribution in [1.82, 2.24) is 9.88 Å². The van der Waals surface area contributed by atoms with Gasteiger partial charge in [0, 0.05) is 41.0 Å². The molecule has 1 amide bonds. The molecule has 1 fully saturated rings. The normalized spacial score (nSPS) is 15.4. The van der Waals surface area contributed by atoms with Gasteiger partial charge < -0.3 is 4.90 Å². The van der Waals surface area contributed by atoms with Crippen molar-refractivity contribution in [2.75, 3.05) is 19.3 Å². The van der Waals surface area contributed by atoms with Crippen LogP contribution in [0.15, 0.2) is 52.5 Å². The number of aromatic nitrogens is 1. The Bertz CT molecular complexity index is 710. The zero-order valence-electron chi connectivity index (χ0n) is 14.8. The van der Waals surface area contributed by atoms with E-state index in [4.69, 9.17) is 0 Å². The molecule has 25 heavy (non-hydrogen) atoms. The third-order valence-corrected chi connectivity index (χ3v) is 6.40. The number of nitrogens with zero attached hydrogens (tertiary/aromatic N) is 2. The van der Waals surface area contributed by atoms with Crippen LogP contribution in [0.3, 0.4) is 0 Å². The Labute approximate surface area is 158 Å². The Kier molecular flexibility index (Phi) is 6.43. The fraction of sp³-hybridized carbons (Fsp3) is 0.400. The summed E-state index contributed by atoms with van der Waals surface area (Å²) in [6.45, 7) is 3.98. The summed E-state index contributed by atoms with van der Waals surface area (Å²) in [4.78, 5) is 21.4. The van der Waals surface area contributed by atoms with Gasteiger partial charge in [-0.25, -0.2) is 0 Å². The molecule has 3 rings (SSSR count). The molecule has 2 aromatic rings. The van der Waals surface area contributed by atoms with Gasteiger partial charge in [0.1, 0.15) is 0 Å². The second-order valence-corrected chi connectivity index (χ2v) is 8.45. The van der Waals surface area contributed by atoms with Crippen LogP contribution < -0.4 is 0 Å². The van der Waals surface area contributed by atoms with Crippen molar-refractivity contribution in [1.29, 1.82) is 0 Å². The molecule has 1 aromatic carbocycles. The fourth-order valence-corrected chi connectivity index (χ4v) is 4.14. The van der Waals surface area contributed by atoms with Crippen molar-refractivity contribution >= 4 is 29.4 Å². The van der Waals surface area contributed by atoms with E-state index in [0.717, 1.165) is 43.2 Å². The Balaban J connectivity index is 1.61. The van der Waals surface area contributed by atoms with Gasteiger partial charge in [-0.15, -0.1) is 23.5 Å². The molecule has 132 valence electrons. The first kappa shape index (κ1) is 18.3. The van der Waals surface area contributed by atoms with Crippen LogP contribution in [0.4, 0.5) is 0 Å². The molecule has 0 radical (unpaired) electrons. The van der Waals surface area contributed by atoms with Crippen molar-refractivity contribution in [3.05, 3.63) is 53.9 Å². The van der Waals surface area contributed by atoms with Crippen molar-refractivity contribution < 1.29 is 4.79 Å². The van der Waals surface area contributed by atoms with E-state index in [9.17, 15) is 4.79 Å². The average molecular weight is 373 g/mol. The number of hydrogen-bond acceptors (Lipinski definition) is 4. The van der Waals surface area contributed by atoms with Crippen molar-refractivity contribution in [2.45, 2.75) is 35.3 Å². The zero-order chi connectivity index (χ0) is 17.6. The SMILES string of the molecule is CSc1ccc(SCc2cncc(C(=O)N3CCC(C)CC3)c2)cc1. The minimum Gasteiger partial charge on any atom is -0.339 e. The highest BCUT2D eigenvalue weighted by atomic mass is 32.2. The molecule has 3 nitrogen and oxygen atoms in total. The summed E-state index contributed by atoms with van der Waals surface area (Å²) >= 11 is 3.52. The lowest BCUT2D eigenvalue weighted by molar-refractivity contribution is 0.0696. The number of piperidine rings is 1. The molecule has 0 spiro atoms. The van der Waals surface area contributed by atoms with Gasteiger partial charge in [-0.2, -0.15) is 0 Å². The number of rotatable bonds is 5. The molecule has 0 atom stereocenters. The molecule has 0 N–H and O–H groups in total. The summed E-state index contributed by atoms with van der Waals surface area (Å²) in [6, 6.07) is 10.6. The number of thioether (sulfide) groups is 2. The highest BCUT2D eigenvalue weighted by Crippen LogP contribution is 2.25. The van der Waals surface area contributed by atoms with Gasteiger partial charge in [-0.1, -0.05) is 6.92 Å². The number of pyridine rings is 1. The summed E-state index contributed by atoms with van der Waals surface area (Å²) in [5.74, 6) is 1.67. The molecule has 1 aromatic heterocycles. The largest absolute Gasteiger partial charge is 0.339 e. The van der Waals surface area contributed by atoms with Gasteiger partial charge in [0.05, 0.1) is 5.56 Å². The fourth-order valence-electron chi connectivity index (χ4n) is 2.92. The summed E-state index contributed by atoms with van der Waals surface area (Å²) < 4.78 is 0. The van der Waals surface area contributed by atoms with E-state index < -0.39 is 0 Å². The van der Waals surface area contributed by atoms with Crippen molar-refractivity contribution in [3.63, 3.8) is 0 Å². The molecule has 1 aliphatic rings. The van der Waals surface area contributed by atoms with Crippen molar-refractivity contribution in [3.8, 4) is 0 Å². The number of amides is 1. The van der Waals surface area contributed by atoms with Crippen LogP contribution in [0.25, 0.3) is 0 Å². The lowest BCUT2D eigenvalue weighted by atomic mass is 9.99. The molecule has 0 unspecified atom stereocenters. The number of likely N-dealkylation sites (tertiary alicyclic amines) is 1. The van der Waals surface area contributed by atoms with Gasteiger partial charge >= 0.3 is 0 Å². The van der Waals surface area contributed by atoms with E-state index in [0.29, 0.717) is 5.56 Å².